The molecule has 0 fully saturated rings. The summed E-state index contributed by atoms with van der Waals surface area (Å²) in [6.07, 6.45) is 1.53. The lowest BCUT2D eigenvalue weighted by molar-refractivity contribution is -0.112. The predicted molar refractivity (Wildman–Crippen MR) is 91.3 cm³/mol. The maximum absolute atomic E-state index is 12.1. The average Bonchev–Trinajstić information content (AvgIpc) is 2.56. The first-order chi connectivity index (χ1) is 11.1. The first kappa shape index (κ1) is 16.6. The Morgan fingerprint density at radius 1 is 1.22 bits per heavy atom. The minimum atomic E-state index is -0.469. The molecule has 0 bridgehead atoms. The van der Waals surface area contributed by atoms with Gasteiger partial charge in [0.15, 0.2) is 0 Å². The summed E-state index contributed by atoms with van der Waals surface area (Å²) in [4.78, 5) is 12.1. The lowest BCUT2D eigenvalue weighted by atomic mass is 10.1. The third-order valence-electron chi connectivity index (χ3n) is 2.97. The van der Waals surface area contributed by atoms with E-state index in [1.807, 2.05) is 13.0 Å². The molecule has 1 amide bonds. The fraction of sp³-hybridized carbons (Fsp3) is 0.111. The van der Waals surface area contributed by atoms with Crippen LogP contribution in [-0.2, 0) is 4.79 Å². The van der Waals surface area contributed by atoms with E-state index in [9.17, 15) is 10.1 Å². The molecule has 0 aliphatic carbocycles. The second-order valence-electron chi connectivity index (χ2n) is 4.63. The number of hydrogen-bond donors (Lipinski definition) is 1. The van der Waals surface area contributed by atoms with Crippen molar-refractivity contribution in [3.8, 4) is 11.8 Å². The van der Waals surface area contributed by atoms with Crippen LogP contribution >= 0.6 is 11.6 Å². The number of benzene rings is 2. The number of nitrogens with zero attached hydrogens (tertiary/aromatic N) is 1. The van der Waals surface area contributed by atoms with Crippen LogP contribution in [0.25, 0.3) is 6.08 Å². The third kappa shape index (κ3) is 4.87. The second kappa shape index (κ2) is 8.02. The number of hydrogen-bond acceptors (Lipinski definition) is 3. The number of nitriles is 1. The van der Waals surface area contributed by atoms with Crippen LogP contribution in [-0.4, -0.2) is 12.5 Å². The van der Waals surface area contributed by atoms with Crippen LogP contribution in [0.4, 0.5) is 5.69 Å². The molecule has 2 aromatic carbocycles. The Balaban J connectivity index is 2.12. The van der Waals surface area contributed by atoms with E-state index in [1.165, 1.54) is 6.08 Å². The van der Waals surface area contributed by atoms with Gasteiger partial charge in [0, 0.05) is 10.7 Å². The van der Waals surface area contributed by atoms with E-state index in [2.05, 4.69) is 5.32 Å². The lowest BCUT2D eigenvalue weighted by Gasteiger charge is -2.05. The highest BCUT2D eigenvalue weighted by molar-refractivity contribution is 6.30. The van der Waals surface area contributed by atoms with Crippen molar-refractivity contribution < 1.29 is 9.53 Å². The molecular weight excluding hydrogens is 312 g/mol. The van der Waals surface area contributed by atoms with E-state index >= 15 is 0 Å². The van der Waals surface area contributed by atoms with Crippen molar-refractivity contribution in [2.24, 2.45) is 0 Å². The molecule has 116 valence electrons. The summed E-state index contributed by atoms with van der Waals surface area (Å²) in [6.45, 7) is 2.49. The Morgan fingerprint density at radius 3 is 2.43 bits per heavy atom. The topological polar surface area (TPSA) is 62.1 Å². The smallest absolute Gasteiger partial charge is 0.266 e. The molecule has 4 nitrogen and oxygen atoms in total. The molecule has 0 saturated heterocycles. The molecule has 5 heteroatoms. The fourth-order valence-corrected chi connectivity index (χ4v) is 2.00. The lowest BCUT2D eigenvalue weighted by Crippen LogP contribution is -2.13. The minimum absolute atomic E-state index is 0.0177. The van der Waals surface area contributed by atoms with Gasteiger partial charge in [0.2, 0.25) is 0 Å². The average molecular weight is 327 g/mol. The zero-order chi connectivity index (χ0) is 16.7. The van der Waals surface area contributed by atoms with E-state index in [-0.39, 0.29) is 5.57 Å². The van der Waals surface area contributed by atoms with Gasteiger partial charge in [-0.05, 0) is 55.0 Å². The molecule has 2 rings (SSSR count). The van der Waals surface area contributed by atoms with Crippen LogP contribution in [0.3, 0.4) is 0 Å². The maximum atomic E-state index is 12.1. The van der Waals surface area contributed by atoms with Crippen molar-refractivity contribution >= 4 is 29.3 Å². The number of rotatable bonds is 5. The highest BCUT2D eigenvalue weighted by Crippen LogP contribution is 2.17. The maximum Gasteiger partial charge on any atom is 0.266 e. The summed E-state index contributed by atoms with van der Waals surface area (Å²) >= 11 is 5.79. The van der Waals surface area contributed by atoms with Gasteiger partial charge in [-0.25, -0.2) is 0 Å². The molecule has 0 aromatic heterocycles. The molecule has 1 N–H and O–H groups in total. The largest absolute Gasteiger partial charge is 0.494 e. The van der Waals surface area contributed by atoms with Crippen LogP contribution in [0.2, 0.25) is 5.02 Å². The summed E-state index contributed by atoms with van der Waals surface area (Å²) < 4.78 is 5.35. The summed E-state index contributed by atoms with van der Waals surface area (Å²) in [5, 5.41) is 12.4. The SMILES string of the molecule is CCOc1ccc(C=C(C#N)C(=O)Nc2ccc(Cl)cc2)cc1. The van der Waals surface area contributed by atoms with Gasteiger partial charge in [-0.2, -0.15) is 5.26 Å². The van der Waals surface area contributed by atoms with Crippen molar-refractivity contribution in [2.45, 2.75) is 6.92 Å². The van der Waals surface area contributed by atoms with E-state index in [0.29, 0.717) is 17.3 Å². The molecule has 0 heterocycles. The van der Waals surface area contributed by atoms with Crippen molar-refractivity contribution in [3.05, 3.63) is 64.7 Å². The molecule has 0 atom stereocenters. The van der Waals surface area contributed by atoms with Crippen LogP contribution in [0.15, 0.2) is 54.1 Å². The number of amides is 1. The number of halogens is 1. The second-order valence-corrected chi connectivity index (χ2v) is 5.07. The van der Waals surface area contributed by atoms with E-state index < -0.39 is 5.91 Å². The molecule has 0 aliphatic heterocycles. The minimum Gasteiger partial charge on any atom is -0.494 e. The first-order valence-corrected chi connectivity index (χ1v) is 7.41. The monoisotopic (exact) mass is 326 g/mol. The van der Waals surface area contributed by atoms with E-state index in [4.69, 9.17) is 16.3 Å². The van der Waals surface area contributed by atoms with Gasteiger partial charge in [0.05, 0.1) is 6.61 Å². The summed E-state index contributed by atoms with van der Waals surface area (Å²) in [6, 6.07) is 15.8. The number of anilines is 1. The molecular formula is C18H15ClN2O2. The molecule has 0 unspecified atom stereocenters. The fourth-order valence-electron chi connectivity index (χ4n) is 1.87. The molecule has 0 radical (unpaired) electrons. The predicted octanol–water partition coefficient (Wildman–Crippen LogP) is 4.28. The van der Waals surface area contributed by atoms with E-state index in [0.717, 1.165) is 11.3 Å². The Morgan fingerprint density at radius 2 is 1.87 bits per heavy atom. The van der Waals surface area contributed by atoms with Gasteiger partial charge >= 0.3 is 0 Å². The van der Waals surface area contributed by atoms with E-state index in [1.54, 1.807) is 48.5 Å². The Labute approximate surface area is 140 Å². The van der Waals surface area contributed by atoms with Crippen LogP contribution in [0.5, 0.6) is 5.75 Å². The van der Waals surface area contributed by atoms with Gasteiger partial charge in [0.1, 0.15) is 17.4 Å². The van der Waals surface area contributed by atoms with Crippen molar-refractivity contribution in [3.63, 3.8) is 0 Å². The Hall–Kier alpha value is -2.77. The van der Waals surface area contributed by atoms with Crippen molar-refractivity contribution in [1.82, 2.24) is 0 Å². The molecule has 0 aliphatic rings. The van der Waals surface area contributed by atoms with Crippen LogP contribution < -0.4 is 10.1 Å². The first-order valence-electron chi connectivity index (χ1n) is 7.04. The Bertz CT molecular complexity index is 744. The van der Waals surface area contributed by atoms with Gasteiger partial charge in [-0.3, -0.25) is 4.79 Å². The van der Waals surface area contributed by atoms with Crippen LogP contribution in [0, 0.1) is 11.3 Å². The zero-order valence-corrected chi connectivity index (χ0v) is 13.3. The highest BCUT2D eigenvalue weighted by Gasteiger charge is 2.09. The molecule has 23 heavy (non-hydrogen) atoms. The molecule has 0 saturated carbocycles. The van der Waals surface area contributed by atoms with Crippen molar-refractivity contribution in [2.75, 3.05) is 11.9 Å². The zero-order valence-electron chi connectivity index (χ0n) is 12.5. The number of carbonyl (C=O) groups is 1. The normalized spacial score (nSPS) is 10.7. The standard InChI is InChI=1S/C18H15ClN2O2/c1-2-23-17-9-3-13(4-10-17)11-14(12-20)18(22)21-16-7-5-15(19)6-8-16/h3-11H,2H2,1H3,(H,21,22). The number of nitrogens with one attached hydrogen (secondary N) is 1. The van der Waals surface area contributed by atoms with Crippen LogP contribution in [0.1, 0.15) is 12.5 Å². The molecule has 0 spiro atoms. The number of ether oxygens (including phenoxy) is 1. The highest BCUT2D eigenvalue weighted by atomic mass is 35.5. The summed E-state index contributed by atoms with van der Waals surface area (Å²) in [5.74, 6) is 0.275. The van der Waals surface area contributed by atoms with Gasteiger partial charge in [-0.15, -0.1) is 0 Å². The Kier molecular flexibility index (Phi) is 5.79. The quantitative estimate of drug-likeness (QED) is 0.658. The van der Waals surface area contributed by atoms with Gasteiger partial charge in [-0.1, -0.05) is 23.7 Å². The summed E-state index contributed by atoms with van der Waals surface area (Å²) in [5.41, 5.74) is 1.34. The third-order valence-corrected chi connectivity index (χ3v) is 3.22. The summed E-state index contributed by atoms with van der Waals surface area (Å²) in [7, 11) is 0. The molecule has 2 aromatic rings. The van der Waals surface area contributed by atoms with Crippen molar-refractivity contribution in [1.29, 1.82) is 5.26 Å². The van der Waals surface area contributed by atoms with Gasteiger partial charge < -0.3 is 10.1 Å². The van der Waals surface area contributed by atoms with Gasteiger partial charge in [0.25, 0.3) is 5.91 Å². The number of carbonyl (C=O) groups excluding carboxylic acids is 1.